The number of hydrogen-bond donors (Lipinski definition) is 1. The summed E-state index contributed by atoms with van der Waals surface area (Å²) in [5.74, 6) is 0. The van der Waals surface area contributed by atoms with Crippen molar-refractivity contribution in [2.24, 2.45) is 5.73 Å². The Morgan fingerprint density at radius 2 is 2.45 bits per heavy atom. The molecule has 2 N–H and O–H groups in total. The minimum absolute atomic E-state index is 0.705. The second-order valence-corrected chi connectivity index (χ2v) is 2.27. The molecule has 11 heavy (non-hydrogen) atoms. The second kappa shape index (κ2) is 4.63. The smallest absolute Gasteiger partial charge is 0.0340 e. The lowest BCUT2D eigenvalue weighted by atomic mass is 10.2. The van der Waals surface area contributed by atoms with Crippen LogP contribution in [0.2, 0.25) is 0 Å². The van der Waals surface area contributed by atoms with Crippen molar-refractivity contribution in [2.45, 2.75) is 6.42 Å². The fourth-order valence-electron chi connectivity index (χ4n) is 0.790. The molecule has 0 aliphatic heterocycles. The van der Waals surface area contributed by atoms with Gasteiger partial charge in [0.05, 0.1) is 0 Å². The van der Waals surface area contributed by atoms with Crippen LogP contribution in [0.4, 0.5) is 0 Å². The molecular formula is C9H12N2. The molecule has 0 aliphatic rings. The first-order valence-corrected chi connectivity index (χ1v) is 3.70. The van der Waals surface area contributed by atoms with E-state index >= 15 is 0 Å². The Hall–Kier alpha value is -1.15. The second-order valence-electron chi connectivity index (χ2n) is 2.27. The lowest BCUT2D eigenvalue weighted by Gasteiger charge is -1.89. The highest BCUT2D eigenvalue weighted by Gasteiger charge is 1.81. The summed E-state index contributed by atoms with van der Waals surface area (Å²) in [4.78, 5) is 3.98. The van der Waals surface area contributed by atoms with E-state index in [1.165, 1.54) is 0 Å². The molecule has 0 unspecified atom stereocenters. The molecule has 1 rings (SSSR count). The van der Waals surface area contributed by atoms with E-state index in [1.807, 2.05) is 24.4 Å². The van der Waals surface area contributed by atoms with Crippen LogP contribution in [-0.4, -0.2) is 11.5 Å². The summed E-state index contributed by atoms with van der Waals surface area (Å²) >= 11 is 0. The average molecular weight is 148 g/mol. The lowest BCUT2D eigenvalue weighted by Crippen LogP contribution is -1.94. The molecule has 0 saturated heterocycles. The third-order valence-electron chi connectivity index (χ3n) is 1.33. The van der Waals surface area contributed by atoms with Crippen molar-refractivity contribution in [2.75, 3.05) is 6.54 Å². The van der Waals surface area contributed by atoms with Crippen molar-refractivity contribution in [3.8, 4) is 0 Å². The van der Waals surface area contributed by atoms with Crippen LogP contribution in [0.1, 0.15) is 12.0 Å². The molecule has 0 fully saturated rings. The molecule has 58 valence electrons. The Bertz CT molecular complexity index is 216. The maximum Gasteiger partial charge on any atom is 0.0340 e. The minimum Gasteiger partial charge on any atom is -0.330 e. The average Bonchev–Trinajstić information content (AvgIpc) is 2.07. The fraction of sp³-hybridized carbons (Fsp3) is 0.222. The zero-order valence-electron chi connectivity index (χ0n) is 6.40. The topological polar surface area (TPSA) is 38.9 Å². The highest BCUT2D eigenvalue weighted by molar-refractivity contribution is 5.47. The van der Waals surface area contributed by atoms with Gasteiger partial charge >= 0.3 is 0 Å². The lowest BCUT2D eigenvalue weighted by molar-refractivity contribution is 1.01. The van der Waals surface area contributed by atoms with E-state index in [2.05, 4.69) is 11.1 Å². The molecule has 1 aromatic rings. The SMILES string of the molecule is NCC/C=C/c1cccnc1. The van der Waals surface area contributed by atoms with Crippen molar-refractivity contribution >= 4 is 6.08 Å². The van der Waals surface area contributed by atoms with Crippen molar-refractivity contribution in [1.29, 1.82) is 0 Å². The molecule has 2 heteroatoms. The van der Waals surface area contributed by atoms with Crippen LogP contribution in [0.5, 0.6) is 0 Å². The molecule has 1 aromatic heterocycles. The van der Waals surface area contributed by atoms with Crippen LogP contribution in [0.25, 0.3) is 6.08 Å². The molecule has 0 spiro atoms. The summed E-state index contributed by atoms with van der Waals surface area (Å²) in [5.41, 5.74) is 6.45. The first kappa shape index (κ1) is 7.95. The predicted octanol–water partition coefficient (Wildman–Crippen LogP) is 1.44. The third-order valence-corrected chi connectivity index (χ3v) is 1.33. The fourth-order valence-corrected chi connectivity index (χ4v) is 0.790. The van der Waals surface area contributed by atoms with Crippen molar-refractivity contribution in [1.82, 2.24) is 4.98 Å². The van der Waals surface area contributed by atoms with Gasteiger partial charge in [-0.15, -0.1) is 0 Å². The molecule has 0 radical (unpaired) electrons. The van der Waals surface area contributed by atoms with Gasteiger partial charge in [-0.1, -0.05) is 18.2 Å². The van der Waals surface area contributed by atoms with Gasteiger partial charge in [-0.05, 0) is 24.6 Å². The molecule has 0 aromatic carbocycles. The number of aromatic nitrogens is 1. The Kier molecular flexibility index (Phi) is 3.35. The Morgan fingerprint density at radius 1 is 1.55 bits per heavy atom. The van der Waals surface area contributed by atoms with Crippen LogP contribution in [0, 0.1) is 0 Å². The molecule has 0 saturated carbocycles. The number of nitrogens with two attached hydrogens (primary N) is 1. The summed E-state index contributed by atoms with van der Waals surface area (Å²) in [6.07, 6.45) is 8.60. The van der Waals surface area contributed by atoms with Crippen molar-refractivity contribution in [3.63, 3.8) is 0 Å². The molecule has 0 bridgehead atoms. The van der Waals surface area contributed by atoms with Crippen molar-refractivity contribution in [3.05, 3.63) is 36.2 Å². The highest BCUT2D eigenvalue weighted by Crippen LogP contribution is 1.98. The predicted molar refractivity (Wildman–Crippen MR) is 46.9 cm³/mol. The third kappa shape index (κ3) is 2.96. The normalized spacial score (nSPS) is 10.6. The monoisotopic (exact) mass is 148 g/mol. The maximum atomic E-state index is 5.33. The maximum absolute atomic E-state index is 5.33. The van der Waals surface area contributed by atoms with E-state index in [0.717, 1.165) is 12.0 Å². The molecule has 0 atom stereocenters. The minimum atomic E-state index is 0.705. The summed E-state index contributed by atoms with van der Waals surface area (Å²) in [7, 11) is 0. The number of pyridine rings is 1. The number of nitrogens with zero attached hydrogens (tertiary/aromatic N) is 1. The van der Waals surface area contributed by atoms with E-state index in [0.29, 0.717) is 6.54 Å². The van der Waals surface area contributed by atoms with E-state index in [-0.39, 0.29) is 0 Å². The molecular weight excluding hydrogens is 136 g/mol. The van der Waals surface area contributed by atoms with Gasteiger partial charge in [-0.3, -0.25) is 4.98 Å². The van der Waals surface area contributed by atoms with E-state index < -0.39 is 0 Å². The van der Waals surface area contributed by atoms with E-state index in [1.54, 1.807) is 6.20 Å². The van der Waals surface area contributed by atoms with Crippen LogP contribution >= 0.6 is 0 Å². The summed E-state index contributed by atoms with van der Waals surface area (Å²) in [6, 6.07) is 3.93. The van der Waals surface area contributed by atoms with E-state index in [9.17, 15) is 0 Å². The van der Waals surface area contributed by atoms with Crippen LogP contribution in [0.3, 0.4) is 0 Å². The first-order chi connectivity index (χ1) is 5.43. The summed E-state index contributed by atoms with van der Waals surface area (Å²) in [6.45, 7) is 0.705. The van der Waals surface area contributed by atoms with Gasteiger partial charge in [0.1, 0.15) is 0 Å². The van der Waals surface area contributed by atoms with Gasteiger partial charge in [0.15, 0.2) is 0 Å². The van der Waals surface area contributed by atoms with Gasteiger partial charge < -0.3 is 5.73 Å². The van der Waals surface area contributed by atoms with Gasteiger partial charge in [0.2, 0.25) is 0 Å². The Labute approximate surface area is 66.8 Å². The summed E-state index contributed by atoms with van der Waals surface area (Å²) in [5, 5.41) is 0. The Morgan fingerprint density at radius 3 is 3.09 bits per heavy atom. The van der Waals surface area contributed by atoms with E-state index in [4.69, 9.17) is 5.73 Å². The zero-order chi connectivity index (χ0) is 7.94. The van der Waals surface area contributed by atoms with Crippen molar-refractivity contribution < 1.29 is 0 Å². The molecule has 0 aliphatic carbocycles. The van der Waals surface area contributed by atoms with Crippen LogP contribution in [0.15, 0.2) is 30.6 Å². The molecule has 2 nitrogen and oxygen atoms in total. The molecule has 0 amide bonds. The Balaban J connectivity index is 2.50. The van der Waals surface area contributed by atoms with Gasteiger partial charge in [-0.25, -0.2) is 0 Å². The highest BCUT2D eigenvalue weighted by atomic mass is 14.6. The number of rotatable bonds is 3. The van der Waals surface area contributed by atoms with Crippen LogP contribution < -0.4 is 5.73 Å². The van der Waals surface area contributed by atoms with Crippen LogP contribution in [-0.2, 0) is 0 Å². The number of hydrogen-bond acceptors (Lipinski definition) is 2. The quantitative estimate of drug-likeness (QED) is 0.704. The molecule has 1 heterocycles. The van der Waals surface area contributed by atoms with Gasteiger partial charge in [0, 0.05) is 12.4 Å². The van der Waals surface area contributed by atoms with Gasteiger partial charge in [-0.2, -0.15) is 0 Å². The standard InChI is InChI=1S/C9H12N2/c10-6-2-1-4-9-5-3-7-11-8-9/h1,3-5,7-8H,2,6,10H2/b4-1+. The van der Waals surface area contributed by atoms with Gasteiger partial charge in [0.25, 0.3) is 0 Å². The summed E-state index contributed by atoms with van der Waals surface area (Å²) < 4.78 is 0. The zero-order valence-corrected chi connectivity index (χ0v) is 6.40. The first-order valence-electron chi connectivity index (χ1n) is 3.70. The largest absolute Gasteiger partial charge is 0.330 e.